The molecule has 0 aliphatic heterocycles. The number of aryl methyl sites for hydroxylation is 2. The highest BCUT2D eigenvalue weighted by molar-refractivity contribution is 7.15. The molecule has 1 aromatic carbocycles. The number of ether oxygens (including phenoxy) is 1. The van der Waals surface area contributed by atoms with Gasteiger partial charge in [0, 0.05) is 42.2 Å². The van der Waals surface area contributed by atoms with Gasteiger partial charge in [-0.1, -0.05) is 18.2 Å². The van der Waals surface area contributed by atoms with Crippen LogP contribution in [0.5, 0.6) is 5.75 Å². The summed E-state index contributed by atoms with van der Waals surface area (Å²) in [6, 6.07) is 11.7. The van der Waals surface area contributed by atoms with Crippen LogP contribution in [0.3, 0.4) is 0 Å². The molecule has 0 aliphatic rings. The van der Waals surface area contributed by atoms with Crippen molar-refractivity contribution in [3.63, 3.8) is 0 Å². The highest BCUT2D eigenvalue weighted by Gasteiger charge is 2.10. The third-order valence-corrected chi connectivity index (χ3v) is 5.56. The second-order valence-corrected chi connectivity index (χ2v) is 7.26. The Labute approximate surface area is 163 Å². The molecule has 1 amide bonds. The lowest BCUT2D eigenvalue weighted by atomic mass is 10.1. The molecule has 5 nitrogen and oxygen atoms in total. The molecule has 0 saturated heterocycles. The molecule has 0 unspecified atom stereocenters. The molecule has 27 heavy (non-hydrogen) atoms. The zero-order valence-electron chi connectivity index (χ0n) is 15.6. The molecule has 0 aliphatic carbocycles. The quantitative estimate of drug-likeness (QED) is 0.644. The maximum atomic E-state index is 12.1. The Kier molecular flexibility index (Phi) is 6.54. The molecular formula is C21H23N3O2S. The summed E-state index contributed by atoms with van der Waals surface area (Å²) < 4.78 is 5.33. The van der Waals surface area contributed by atoms with E-state index in [2.05, 4.69) is 15.3 Å². The molecule has 0 bridgehead atoms. The minimum atomic E-state index is 0.0514. The number of hydrogen-bond donors (Lipinski definition) is 1. The third kappa shape index (κ3) is 5.14. The second-order valence-electron chi connectivity index (χ2n) is 6.18. The number of rotatable bonds is 8. The Morgan fingerprint density at radius 1 is 1.19 bits per heavy atom. The van der Waals surface area contributed by atoms with Crippen LogP contribution in [0.4, 0.5) is 0 Å². The van der Waals surface area contributed by atoms with Crippen molar-refractivity contribution in [2.45, 2.75) is 26.2 Å². The van der Waals surface area contributed by atoms with Crippen LogP contribution in [0.25, 0.3) is 10.6 Å². The normalized spacial score (nSPS) is 10.6. The van der Waals surface area contributed by atoms with Gasteiger partial charge in [0.15, 0.2) is 0 Å². The predicted molar refractivity (Wildman–Crippen MR) is 108 cm³/mol. The lowest BCUT2D eigenvalue weighted by molar-refractivity contribution is -0.121. The van der Waals surface area contributed by atoms with E-state index in [1.807, 2.05) is 49.5 Å². The molecule has 2 aromatic heterocycles. The zero-order chi connectivity index (χ0) is 19.1. The van der Waals surface area contributed by atoms with Crippen molar-refractivity contribution in [1.29, 1.82) is 0 Å². The maximum absolute atomic E-state index is 12.1. The fraction of sp³-hybridized carbons (Fsp3) is 0.286. The molecule has 3 rings (SSSR count). The Balaban J connectivity index is 1.48. The number of benzene rings is 1. The van der Waals surface area contributed by atoms with Crippen LogP contribution in [0.2, 0.25) is 0 Å². The van der Waals surface area contributed by atoms with Gasteiger partial charge in [0.05, 0.1) is 12.8 Å². The first-order chi connectivity index (χ1) is 13.2. The van der Waals surface area contributed by atoms with Crippen molar-refractivity contribution in [2.75, 3.05) is 13.7 Å². The summed E-state index contributed by atoms with van der Waals surface area (Å²) in [7, 11) is 1.65. The lowest BCUT2D eigenvalue weighted by Gasteiger charge is -2.08. The van der Waals surface area contributed by atoms with Crippen molar-refractivity contribution in [1.82, 2.24) is 15.3 Å². The first-order valence-electron chi connectivity index (χ1n) is 8.92. The van der Waals surface area contributed by atoms with Gasteiger partial charge in [-0.25, -0.2) is 4.98 Å². The van der Waals surface area contributed by atoms with E-state index in [0.717, 1.165) is 34.0 Å². The number of para-hydroxylation sites is 1. The van der Waals surface area contributed by atoms with Crippen molar-refractivity contribution in [3.8, 4) is 16.3 Å². The van der Waals surface area contributed by atoms with Crippen LogP contribution in [-0.2, 0) is 17.6 Å². The predicted octanol–water partition coefficient (Wildman–Crippen LogP) is 3.81. The molecule has 0 spiro atoms. The van der Waals surface area contributed by atoms with Gasteiger partial charge >= 0.3 is 0 Å². The number of amides is 1. The minimum Gasteiger partial charge on any atom is -0.496 e. The molecule has 0 saturated carbocycles. The number of nitrogens with one attached hydrogen (secondary N) is 1. The van der Waals surface area contributed by atoms with Gasteiger partial charge in [-0.05, 0) is 37.1 Å². The summed E-state index contributed by atoms with van der Waals surface area (Å²) in [5.41, 5.74) is 3.09. The minimum absolute atomic E-state index is 0.0514. The fourth-order valence-corrected chi connectivity index (χ4v) is 3.89. The molecule has 6 heteroatoms. The van der Waals surface area contributed by atoms with Crippen molar-refractivity contribution in [3.05, 3.63) is 64.9 Å². The van der Waals surface area contributed by atoms with Gasteiger partial charge in [0.1, 0.15) is 10.8 Å². The van der Waals surface area contributed by atoms with E-state index in [9.17, 15) is 4.79 Å². The van der Waals surface area contributed by atoms with Gasteiger partial charge in [-0.2, -0.15) is 0 Å². The number of methoxy groups -OCH3 is 1. The second kappa shape index (κ2) is 9.28. The Hall–Kier alpha value is -2.73. The molecule has 1 N–H and O–H groups in total. The average molecular weight is 382 g/mol. The molecule has 3 aromatic rings. The maximum Gasteiger partial charge on any atom is 0.220 e. The van der Waals surface area contributed by atoms with Crippen molar-refractivity contribution in [2.24, 2.45) is 0 Å². The van der Waals surface area contributed by atoms with E-state index in [0.29, 0.717) is 19.4 Å². The number of hydrogen-bond acceptors (Lipinski definition) is 5. The molecule has 0 radical (unpaired) electrons. The number of aromatic nitrogens is 2. The zero-order valence-corrected chi connectivity index (χ0v) is 16.4. The van der Waals surface area contributed by atoms with Crippen LogP contribution in [0.15, 0.2) is 48.8 Å². The standard InChI is InChI=1S/C21H23N3O2S/c1-15-19(27-21(24-15)17-7-5-12-22-14-17)11-13-23-20(25)10-9-16-6-3-4-8-18(16)26-2/h3-8,12,14H,9-11,13H2,1-2H3,(H,23,25). The monoisotopic (exact) mass is 381 g/mol. The third-order valence-electron chi connectivity index (χ3n) is 4.29. The summed E-state index contributed by atoms with van der Waals surface area (Å²) in [5.74, 6) is 0.879. The number of carbonyl (C=O) groups is 1. The highest BCUT2D eigenvalue weighted by Crippen LogP contribution is 2.27. The Bertz CT molecular complexity index is 893. The van der Waals surface area contributed by atoms with Gasteiger partial charge in [-0.3, -0.25) is 9.78 Å². The van der Waals surface area contributed by atoms with Crippen LogP contribution in [-0.4, -0.2) is 29.5 Å². The molecule has 0 atom stereocenters. The first-order valence-corrected chi connectivity index (χ1v) is 9.74. The first kappa shape index (κ1) is 19.0. The SMILES string of the molecule is COc1ccccc1CCC(=O)NCCc1sc(-c2cccnc2)nc1C. The smallest absolute Gasteiger partial charge is 0.220 e. The van der Waals surface area contributed by atoms with E-state index < -0.39 is 0 Å². The van der Waals surface area contributed by atoms with E-state index in [-0.39, 0.29) is 5.91 Å². The fourth-order valence-electron chi connectivity index (χ4n) is 2.83. The number of carbonyl (C=O) groups excluding carboxylic acids is 1. The molecule has 140 valence electrons. The molecule has 2 heterocycles. The topological polar surface area (TPSA) is 64.1 Å². The van der Waals surface area contributed by atoms with Crippen LogP contribution < -0.4 is 10.1 Å². The molecular weight excluding hydrogens is 358 g/mol. The number of pyridine rings is 1. The summed E-state index contributed by atoms with van der Waals surface area (Å²) >= 11 is 1.66. The van der Waals surface area contributed by atoms with Crippen LogP contribution in [0.1, 0.15) is 22.6 Å². The van der Waals surface area contributed by atoms with Gasteiger partial charge in [0.25, 0.3) is 0 Å². The van der Waals surface area contributed by atoms with Gasteiger partial charge < -0.3 is 10.1 Å². The number of nitrogens with zero attached hydrogens (tertiary/aromatic N) is 2. The van der Waals surface area contributed by atoms with Crippen molar-refractivity contribution < 1.29 is 9.53 Å². The molecule has 0 fully saturated rings. The average Bonchev–Trinajstić information content (AvgIpc) is 3.08. The summed E-state index contributed by atoms with van der Waals surface area (Å²) in [4.78, 5) is 22.1. The van der Waals surface area contributed by atoms with E-state index in [1.165, 1.54) is 4.88 Å². The lowest BCUT2D eigenvalue weighted by Crippen LogP contribution is -2.25. The van der Waals surface area contributed by atoms with Crippen LogP contribution >= 0.6 is 11.3 Å². The summed E-state index contributed by atoms with van der Waals surface area (Å²) in [5, 5.41) is 3.97. The van der Waals surface area contributed by atoms with Gasteiger partial charge in [-0.15, -0.1) is 11.3 Å². The Morgan fingerprint density at radius 2 is 2.04 bits per heavy atom. The summed E-state index contributed by atoms with van der Waals surface area (Å²) in [6.45, 7) is 2.62. The van der Waals surface area contributed by atoms with Crippen LogP contribution in [0, 0.1) is 6.92 Å². The number of thiazole rings is 1. The van der Waals surface area contributed by atoms with Gasteiger partial charge in [0.2, 0.25) is 5.91 Å². The Morgan fingerprint density at radius 3 is 2.81 bits per heavy atom. The highest BCUT2D eigenvalue weighted by atomic mass is 32.1. The van der Waals surface area contributed by atoms with E-state index in [4.69, 9.17) is 4.74 Å². The largest absolute Gasteiger partial charge is 0.496 e. The van der Waals surface area contributed by atoms with E-state index in [1.54, 1.807) is 24.6 Å². The van der Waals surface area contributed by atoms with E-state index >= 15 is 0 Å². The summed E-state index contributed by atoms with van der Waals surface area (Å²) in [6.07, 6.45) is 5.47. The van der Waals surface area contributed by atoms with Crippen molar-refractivity contribution >= 4 is 17.2 Å².